The summed E-state index contributed by atoms with van der Waals surface area (Å²) in [5.41, 5.74) is 1.76. The predicted molar refractivity (Wildman–Crippen MR) is 106 cm³/mol. The van der Waals surface area contributed by atoms with Gasteiger partial charge in [-0.2, -0.15) is 0 Å². The van der Waals surface area contributed by atoms with Gasteiger partial charge in [0.1, 0.15) is 0 Å². The summed E-state index contributed by atoms with van der Waals surface area (Å²) in [5.74, 6) is 0.104. The van der Waals surface area contributed by atoms with Crippen LogP contribution in [0.4, 0.5) is 5.69 Å². The first-order valence-electron chi connectivity index (χ1n) is 8.51. The molecule has 1 saturated heterocycles. The molecular weight excluding hydrogens is 345 g/mol. The van der Waals surface area contributed by atoms with E-state index in [0.29, 0.717) is 0 Å². The molecule has 1 atom stereocenters. The van der Waals surface area contributed by atoms with E-state index in [4.69, 9.17) is 0 Å². The van der Waals surface area contributed by atoms with Gasteiger partial charge in [0.2, 0.25) is 5.91 Å². The van der Waals surface area contributed by atoms with E-state index in [1.165, 1.54) is 5.56 Å². The highest BCUT2D eigenvalue weighted by Gasteiger charge is 2.39. The van der Waals surface area contributed by atoms with Gasteiger partial charge in [0, 0.05) is 12.2 Å². The number of halogens is 2. The summed E-state index contributed by atoms with van der Waals surface area (Å²) in [4.78, 5) is 15.0. The zero-order valence-corrected chi connectivity index (χ0v) is 16.6. The van der Waals surface area contributed by atoms with Crippen molar-refractivity contribution < 1.29 is 4.79 Å². The molecule has 6 heteroatoms. The fourth-order valence-electron chi connectivity index (χ4n) is 3.17. The molecule has 1 unspecified atom stereocenters. The molecule has 1 aliphatic heterocycles. The summed E-state index contributed by atoms with van der Waals surface area (Å²) in [6.07, 6.45) is 2.83. The molecule has 1 aliphatic rings. The van der Waals surface area contributed by atoms with Crippen LogP contribution in [0.2, 0.25) is 0 Å². The maximum Gasteiger partial charge on any atom is 0.244 e. The second-order valence-electron chi connectivity index (χ2n) is 6.08. The highest BCUT2D eigenvalue weighted by Crippen LogP contribution is 2.25. The van der Waals surface area contributed by atoms with Crippen molar-refractivity contribution in [2.45, 2.75) is 52.1 Å². The fourth-order valence-corrected chi connectivity index (χ4v) is 3.17. The van der Waals surface area contributed by atoms with Gasteiger partial charge in [0.15, 0.2) is 0 Å². The van der Waals surface area contributed by atoms with Crippen molar-refractivity contribution in [1.82, 2.24) is 10.2 Å². The van der Waals surface area contributed by atoms with Gasteiger partial charge in [0.25, 0.3) is 0 Å². The Kier molecular flexibility index (Phi) is 10.6. The minimum Gasteiger partial charge on any atom is -0.324 e. The summed E-state index contributed by atoms with van der Waals surface area (Å²) in [6, 6.07) is 8.21. The smallest absolute Gasteiger partial charge is 0.244 e. The normalized spacial score (nSPS) is 19.5. The maximum atomic E-state index is 12.6. The first-order valence-corrected chi connectivity index (χ1v) is 8.51. The van der Waals surface area contributed by atoms with Crippen LogP contribution in [0.25, 0.3) is 0 Å². The van der Waals surface area contributed by atoms with E-state index in [9.17, 15) is 4.79 Å². The summed E-state index contributed by atoms with van der Waals surface area (Å²) in [7, 11) is 0. The lowest BCUT2D eigenvalue weighted by Crippen LogP contribution is -2.50. The molecule has 24 heavy (non-hydrogen) atoms. The molecule has 2 rings (SSSR count). The van der Waals surface area contributed by atoms with Crippen molar-refractivity contribution in [3.8, 4) is 0 Å². The van der Waals surface area contributed by atoms with Gasteiger partial charge in [-0.1, -0.05) is 32.9 Å². The average molecular weight is 376 g/mol. The van der Waals surface area contributed by atoms with E-state index in [0.717, 1.165) is 51.1 Å². The molecule has 1 fully saturated rings. The van der Waals surface area contributed by atoms with Crippen molar-refractivity contribution >= 4 is 36.4 Å². The second kappa shape index (κ2) is 10.9. The predicted octanol–water partition coefficient (Wildman–Crippen LogP) is 3.84. The van der Waals surface area contributed by atoms with Crippen LogP contribution in [0.3, 0.4) is 0 Å². The van der Waals surface area contributed by atoms with E-state index in [1.54, 1.807) is 0 Å². The Bertz CT molecular complexity index is 501. The van der Waals surface area contributed by atoms with Crippen LogP contribution >= 0.6 is 24.8 Å². The number of carbonyl (C=O) groups is 1. The van der Waals surface area contributed by atoms with Crippen molar-refractivity contribution in [2.75, 3.05) is 25.0 Å². The zero-order chi connectivity index (χ0) is 16.0. The lowest BCUT2D eigenvalue weighted by Gasteiger charge is -2.27. The van der Waals surface area contributed by atoms with Gasteiger partial charge in [-0.25, -0.2) is 0 Å². The van der Waals surface area contributed by atoms with Gasteiger partial charge in [-0.3, -0.25) is 9.69 Å². The largest absolute Gasteiger partial charge is 0.324 e. The van der Waals surface area contributed by atoms with E-state index < -0.39 is 0 Å². The quantitative estimate of drug-likeness (QED) is 0.760. The number of carbonyl (C=O) groups excluding carboxylic acids is 1. The zero-order valence-electron chi connectivity index (χ0n) is 14.9. The Labute approximate surface area is 158 Å². The fraction of sp³-hybridized carbons (Fsp3) is 0.611. The van der Waals surface area contributed by atoms with E-state index in [-0.39, 0.29) is 36.3 Å². The Morgan fingerprint density at radius 1 is 1.25 bits per heavy atom. The summed E-state index contributed by atoms with van der Waals surface area (Å²) >= 11 is 0. The SMILES string of the molecule is CCN(CC)Cc1cccc(NC(=O)C2(CC)CCCN2)c1.Cl.Cl. The maximum absolute atomic E-state index is 12.6. The van der Waals surface area contributed by atoms with Crippen LogP contribution in [-0.4, -0.2) is 36.0 Å². The highest BCUT2D eigenvalue weighted by atomic mass is 35.5. The molecule has 1 aromatic carbocycles. The Balaban J connectivity index is 0.00000264. The first-order chi connectivity index (χ1) is 10.6. The third kappa shape index (κ3) is 5.62. The third-order valence-electron chi connectivity index (χ3n) is 4.77. The molecule has 0 bridgehead atoms. The molecule has 1 aromatic rings. The highest BCUT2D eigenvalue weighted by molar-refractivity contribution is 5.98. The van der Waals surface area contributed by atoms with E-state index in [1.807, 2.05) is 12.1 Å². The Morgan fingerprint density at radius 3 is 2.50 bits per heavy atom. The van der Waals surface area contributed by atoms with Gasteiger partial charge in [-0.05, 0) is 56.6 Å². The molecule has 0 spiro atoms. The Hall–Kier alpha value is -0.810. The molecule has 4 nitrogen and oxygen atoms in total. The number of nitrogens with one attached hydrogen (secondary N) is 2. The minimum absolute atomic E-state index is 0. The average Bonchev–Trinajstić information content (AvgIpc) is 3.03. The number of nitrogens with zero attached hydrogens (tertiary/aromatic N) is 1. The third-order valence-corrected chi connectivity index (χ3v) is 4.77. The monoisotopic (exact) mass is 375 g/mol. The minimum atomic E-state index is -0.380. The molecule has 138 valence electrons. The van der Waals surface area contributed by atoms with Crippen LogP contribution in [0.5, 0.6) is 0 Å². The van der Waals surface area contributed by atoms with Crippen molar-refractivity contribution in [1.29, 1.82) is 0 Å². The van der Waals surface area contributed by atoms with Gasteiger partial charge in [0.05, 0.1) is 5.54 Å². The number of hydrogen-bond donors (Lipinski definition) is 2. The molecule has 1 heterocycles. The number of rotatable bonds is 7. The van der Waals surface area contributed by atoms with Gasteiger partial charge < -0.3 is 10.6 Å². The van der Waals surface area contributed by atoms with Gasteiger partial charge >= 0.3 is 0 Å². The lowest BCUT2D eigenvalue weighted by atomic mass is 9.93. The van der Waals surface area contributed by atoms with Crippen LogP contribution < -0.4 is 10.6 Å². The molecule has 0 saturated carbocycles. The lowest BCUT2D eigenvalue weighted by molar-refractivity contribution is -0.122. The topological polar surface area (TPSA) is 44.4 Å². The van der Waals surface area contributed by atoms with E-state index in [2.05, 4.69) is 48.4 Å². The number of anilines is 1. The van der Waals surface area contributed by atoms with E-state index >= 15 is 0 Å². The van der Waals surface area contributed by atoms with Crippen molar-refractivity contribution in [2.24, 2.45) is 0 Å². The standard InChI is InChI=1S/C18H29N3O.2ClH/c1-4-18(11-8-12-19-18)17(22)20-16-10-7-9-15(13-16)14-21(5-2)6-3;;/h7,9-10,13,19H,4-6,8,11-12,14H2,1-3H3,(H,20,22);2*1H. The van der Waals surface area contributed by atoms with Crippen LogP contribution in [0.1, 0.15) is 45.6 Å². The number of hydrogen-bond acceptors (Lipinski definition) is 3. The molecule has 2 N–H and O–H groups in total. The van der Waals surface area contributed by atoms with Crippen molar-refractivity contribution in [3.63, 3.8) is 0 Å². The first kappa shape index (κ1) is 23.2. The van der Waals surface area contributed by atoms with Crippen LogP contribution in [0.15, 0.2) is 24.3 Å². The number of amides is 1. The molecule has 0 aromatic heterocycles. The summed E-state index contributed by atoms with van der Waals surface area (Å²) in [6.45, 7) is 10.4. The molecule has 0 radical (unpaired) electrons. The van der Waals surface area contributed by atoms with Crippen LogP contribution in [0, 0.1) is 0 Å². The summed E-state index contributed by atoms with van der Waals surface area (Å²) in [5, 5.41) is 6.49. The molecule has 0 aliphatic carbocycles. The van der Waals surface area contributed by atoms with Crippen LogP contribution in [-0.2, 0) is 11.3 Å². The van der Waals surface area contributed by atoms with Crippen molar-refractivity contribution in [3.05, 3.63) is 29.8 Å². The number of benzene rings is 1. The second-order valence-corrected chi connectivity index (χ2v) is 6.08. The molecule has 1 amide bonds. The summed E-state index contributed by atoms with van der Waals surface area (Å²) < 4.78 is 0. The Morgan fingerprint density at radius 2 is 1.96 bits per heavy atom. The van der Waals surface area contributed by atoms with Gasteiger partial charge in [-0.15, -0.1) is 24.8 Å². The molecular formula is C18H31Cl2N3O.